The molecule has 214 valence electrons. The normalized spacial score (nSPS) is 18.8. The van der Waals surface area contributed by atoms with Crippen LogP contribution in [0.1, 0.15) is 54.0 Å². The van der Waals surface area contributed by atoms with Gasteiger partial charge in [0, 0.05) is 32.5 Å². The number of likely N-dealkylation sites (tertiary alicyclic amines) is 1. The second-order valence-corrected chi connectivity index (χ2v) is 9.25. The average molecular weight is 562 g/mol. The number of rotatable bonds is 7. The maximum absolute atomic E-state index is 13.2. The number of hydrogen-bond acceptors (Lipinski definition) is 4. The van der Waals surface area contributed by atoms with Crippen molar-refractivity contribution in [1.29, 1.82) is 0 Å². The summed E-state index contributed by atoms with van der Waals surface area (Å²) in [5, 5.41) is 13.9. The van der Waals surface area contributed by atoms with Crippen LogP contribution in [0.25, 0.3) is 0 Å². The molecule has 3 amide bonds. The summed E-state index contributed by atoms with van der Waals surface area (Å²) in [6, 6.07) is 9.25. The molecule has 0 aliphatic carbocycles. The number of aliphatic hydroxyl groups is 1. The first-order chi connectivity index (χ1) is 18.3. The van der Waals surface area contributed by atoms with E-state index in [-0.39, 0.29) is 44.3 Å². The molecule has 1 fully saturated rings. The molecule has 0 spiro atoms. The molecule has 3 N–H and O–H groups in total. The Balaban J connectivity index is 1.73. The number of nitrogens with one attached hydrogen (secondary N) is 2. The van der Waals surface area contributed by atoms with Crippen LogP contribution in [-0.4, -0.2) is 54.5 Å². The van der Waals surface area contributed by atoms with Crippen molar-refractivity contribution in [3.05, 3.63) is 70.8 Å². The zero-order valence-electron chi connectivity index (χ0n) is 21.0. The smallest absolute Gasteiger partial charge is 0.416 e. The molecule has 2 aromatic carbocycles. The Kier molecular flexibility index (Phi) is 9.70. The summed E-state index contributed by atoms with van der Waals surface area (Å²) < 4.78 is 84.9. The first-order valence-corrected chi connectivity index (χ1v) is 12.2. The molecule has 0 bridgehead atoms. The Hall–Kier alpha value is -3.48. The fourth-order valence-corrected chi connectivity index (χ4v) is 4.35. The van der Waals surface area contributed by atoms with E-state index in [1.165, 1.54) is 11.8 Å². The van der Waals surface area contributed by atoms with Crippen LogP contribution < -0.4 is 10.6 Å². The van der Waals surface area contributed by atoms with Crippen LogP contribution in [0.3, 0.4) is 0 Å². The predicted molar refractivity (Wildman–Crippen MR) is 129 cm³/mol. The summed E-state index contributed by atoms with van der Waals surface area (Å²) in [6.45, 7) is 1.17. The van der Waals surface area contributed by atoms with Gasteiger partial charge < -0.3 is 25.4 Å². The Morgan fingerprint density at radius 1 is 1.03 bits per heavy atom. The van der Waals surface area contributed by atoms with Gasteiger partial charge in [-0.05, 0) is 35.2 Å². The largest absolute Gasteiger partial charge is 0.446 e. The van der Waals surface area contributed by atoms with Crippen molar-refractivity contribution in [2.75, 3.05) is 26.2 Å². The summed E-state index contributed by atoms with van der Waals surface area (Å²) >= 11 is 0. The van der Waals surface area contributed by atoms with Gasteiger partial charge in [-0.3, -0.25) is 0 Å². The summed E-state index contributed by atoms with van der Waals surface area (Å²) in [4.78, 5) is 26.6. The van der Waals surface area contributed by atoms with Crippen LogP contribution in [0, 0.1) is 0 Å². The Labute approximate surface area is 221 Å². The van der Waals surface area contributed by atoms with Crippen LogP contribution in [0.2, 0.25) is 0 Å². The van der Waals surface area contributed by atoms with Gasteiger partial charge in [0.25, 0.3) is 0 Å². The second kappa shape index (κ2) is 12.6. The number of piperidine rings is 1. The maximum Gasteiger partial charge on any atom is 0.416 e. The van der Waals surface area contributed by atoms with E-state index in [2.05, 4.69) is 10.6 Å². The summed E-state index contributed by atoms with van der Waals surface area (Å²) in [5.74, 6) is -0.858. The van der Waals surface area contributed by atoms with Crippen LogP contribution in [0.5, 0.6) is 0 Å². The van der Waals surface area contributed by atoms with Crippen molar-refractivity contribution in [3.63, 3.8) is 0 Å². The first kappa shape index (κ1) is 30.1. The summed E-state index contributed by atoms with van der Waals surface area (Å²) in [6.07, 6.45) is -10.6. The number of nitrogens with zero attached hydrogens (tertiary/aromatic N) is 1. The standard InChI is InChI=1S/C26H29F6N3O4/c1-16(18-11-19(25(27,28)29)13-20(12-18)26(30,31)32)15-34-23(37)35-9-7-21(39-24(38)33-8-10-36)14-22(35)17-5-3-2-4-6-17/h2-6,11-13,16,21-22,36H,7-10,14-15H2,1H3,(H,33,38)(H,34,37)/t16-,21-,22-/m1/s1. The number of halogens is 6. The quantitative estimate of drug-likeness (QED) is 0.392. The third kappa shape index (κ3) is 8.25. The molecule has 3 rings (SSSR count). The Morgan fingerprint density at radius 2 is 1.64 bits per heavy atom. The maximum atomic E-state index is 13.2. The minimum atomic E-state index is -4.97. The van der Waals surface area contributed by atoms with Crippen molar-refractivity contribution in [2.45, 2.75) is 50.2 Å². The minimum Gasteiger partial charge on any atom is -0.446 e. The van der Waals surface area contributed by atoms with Gasteiger partial charge in [-0.25, -0.2) is 9.59 Å². The topological polar surface area (TPSA) is 90.9 Å². The number of amides is 3. The van der Waals surface area contributed by atoms with Gasteiger partial charge in [0.1, 0.15) is 6.10 Å². The number of carbonyl (C=O) groups excluding carboxylic acids is 2. The molecule has 1 aliphatic heterocycles. The second-order valence-electron chi connectivity index (χ2n) is 9.25. The molecule has 0 saturated carbocycles. The third-order valence-corrected chi connectivity index (χ3v) is 6.39. The highest BCUT2D eigenvalue weighted by Crippen LogP contribution is 2.38. The highest BCUT2D eigenvalue weighted by Gasteiger charge is 2.38. The van der Waals surface area contributed by atoms with Crippen LogP contribution in [0.4, 0.5) is 35.9 Å². The zero-order valence-corrected chi connectivity index (χ0v) is 21.0. The van der Waals surface area contributed by atoms with E-state index in [1.807, 2.05) is 0 Å². The van der Waals surface area contributed by atoms with E-state index in [0.717, 1.165) is 5.56 Å². The summed E-state index contributed by atoms with van der Waals surface area (Å²) in [7, 11) is 0. The van der Waals surface area contributed by atoms with Gasteiger partial charge in [0.15, 0.2) is 0 Å². The molecule has 3 atom stereocenters. The van der Waals surface area contributed by atoms with E-state index >= 15 is 0 Å². The monoisotopic (exact) mass is 561 g/mol. The van der Waals surface area contributed by atoms with E-state index in [0.29, 0.717) is 18.6 Å². The summed E-state index contributed by atoms with van der Waals surface area (Å²) in [5.41, 5.74) is -2.28. The van der Waals surface area contributed by atoms with Crippen LogP contribution in [-0.2, 0) is 17.1 Å². The zero-order chi connectivity index (χ0) is 28.8. The van der Waals surface area contributed by atoms with Crippen molar-refractivity contribution in [1.82, 2.24) is 15.5 Å². The number of hydrogen-bond donors (Lipinski definition) is 3. The molecule has 0 radical (unpaired) electrons. The van der Waals surface area contributed by atoms with E-state index in [4.69, 9.17) is 9.84 Å². The van der Waals surface area contributed by atoms with Crippen LogP contribution in [0.15, 0.2) is 48.5 Å². The van der Waals surface area contributed by atoms with Gasteiger partial charge in [0.05, 0.1) is 23.8 Å². The van der Waals surface area contributed by atoms with Gasteiger partial charge in [-0.2, -0.15) is 26.3 Å². The molecule has 13 heteroatoms. The number of ether oxygens (including phenoxy) is 1. The number of benzene rings is 2. The molecule has 2 aromatic rings. The SMILES string of the molecule is C[C@H](CNC(=O)N1CC[C@@H](OC(=O)NCCO)C[C@@H]1c1ccccc1)c1cc(C(F)(F)F)cc(C(F)(F)F)c1. The number of carbonyl (C=O) groups is 2. The highest BCUT2D eigenvalue weighted by molar-refractivity contribution is 5.75. The minimum absolute atomic E-state index is 0.0245. The van der Waals surface area contributed by atoms with Crippen LogP contribution >= 0.6 is 0 Å². The van der Waals surface area contributed by atoms with Gasteiger partial charge >= 0.3 is 24.5 Å². The molecular formula is C26H29F6N3O4. The van der Waals surface area contributed by atoms with E-state index < -0.39 is 53.7 Å². The predicted octanol–water partition coefficient (Wildman–Crippen LogP) is 5.46. The highest BCUT2D eigenvalue weighted by atomic mass is 19.4. The van der Waals surface area contributed by atoms with Crippen molar-refractivity contribution >= 4 is 12.1 Å². The number of alkyl halides is 6. The lowest BCUT2D eigenvalue weighted by Gasteiger charge is -2.39. The molecular weight excluding hydrogens is 532 g/mol. The first-order valence-electron chi connectivity index (χ1n) is 12.2. The van der Waals surface area contributed by atoms with Gasteiger partial charge in [-0.1, -0.05) is 37.3 Å². The average Bonchev–Trinajstić information content (AvgIpc) is 2.89. The Morgan fingerprint density at radius 3 is 2.21 bits per heavy atom. The van der Waals surface area contributed by atoms with Gasteiger partial charge in [-0.15, -0.1) is 0 Å². The van der Waals surface area contributed by atoms with Gasteiger partial charge in [0.2, 0.25) is 0 Å². The molecule has 7 nitrogen and oxygen atoms in total. The third-order valence-electron chi connectivity index (χ3n) is 6.39. The number of alkyl carbamates (subject to hydrolysis) is 1. The molecule has 1 heterocycles. The van der Waals surface area contributed by atoms with E-state index in [9.17, 15) is 35.9 Å². The molecule has 0 aromatic heterocycles. The van der Waals surface area contributed by atoms with Crippen molar-refractivity contribution in [3.8, 4) is 0 Å². The molecule has 1 saturated heterocycles. The number of urea groups is 1. The number of aliphatic hydroxyl groups excluding tert-OH is 1. The van der Waals surface area contributed by atoms with Crippen molar-refractivity contribution < 1.29 is 45.8 Å². The molecule has 1 aliphatic rings. The van der Waals surface area contributed by atoms with E-state index in [1.54, 1.807) is 30.3 Å². The van der Waals surface area contributed by atoms with Crippen molar-refractivity contribution in [2.24, 2.45) is 0 Å². The molecule has 39 heavy (non-hydrogen) atoms. The Bertz CT molecular complexity index is 1090. The lowest BCUT2D eigenvalue weighted by molar-refractivity contribution is -0.143. The molecule has 0 unspecified atom stereocenters. The lowest BCUT2D eigenvalue weighted by Crippen LogP contribution is -2.49. The lowest BCUT2D eigenvalue weighted by atomic mass is 9.93. The fraction of sp³-hybridized carbons (Fsp3) is 0.462. The fourth-order valence-electron chi connectivity index (χ4n) is 4.35.